The molecule has 0 spiro atoms. The van der Waals surface area contributed by atoms with Crippen molar-refractivity contribution in [2.24, 2.45) is 0 Å². The molecule has 0 saturated carbocycles. The quantitative estimate of drug-likeness (QED) is 0.910. The van der Waals surface area contributed by atoms with Gasteiger partial charge in [-0.2, -0.15) is 13.2 Å². The van der Waals surface area contributed by atoms with Gasteiger partial charge in [0.1, 0.15) is 6.61 Å². The van der Waals surface area contributed by atoms with Gasteiger partial charge in [-0.3, -0.25) is 9.59 Å². The Bertz CT molecular complexity index is 579. The molecule has 1 aliphatic rings. The smallest absolute Gasteiger partial charge is 0.375 e. The highest BCUT2D eigenvalue weighted by Gasteiger charge is 2.31. The third-order valence-electron chi connectivity index (χ3n) is 3.88. The second kappa shape index (κ2) is 7.65. The minimum atomic E-state index is -4.42. The van der Waals surface area contributed by atoms with Crippen molar-refractivity contribution in [1.82, 2.24) is 10.2 Å². The van der Waals surface area contributed by atoms with Crippen LogP contribution in [0.15, 0.2) is 24.3 Å². The van der Waals surface area contributed by atoms with Crippen LogP contribution < -0.4 is 5.32 Å². The molecule has 0 unspecified atom stereocenters. The van der Waals surface area contributed by atoms with E-state index in [-0.39, 0.29) is 30.0 Å². The lowest BCUT2D eigenvalue weighted by atomic mass is 10.0. The normalized spacial score (nSPS) is 16.1. The minimum Gasteiger partial charge on any atom is -0.375 e. The van der Waals surface area contributed by atoms with E-state index in [1.807, 2.05) is 0 Å². The second-order valence-corrected chi connectivity index (χ2v) is 5.64. The molecule has 132 valence electrons. The lowest BCUT2D eigenvalue weighted by molar-refractivity contribution is -0.137. The van der Waals surface area contributed by atoms with Crippen molar-refractivity contribution in [1.29, 1.82) is 0 Å². The number of nitrogens with one attached hydrogen (secondary N) is 1. The van der Waals surface area contributed by atoms with E-state index >= 15 is 0 Å². The molecular formula is C16H19F3N2O3. The number of alkyl halides is 3. The summed E-state index contributed by atoms with van der Waals surface area (Å²) in [6, 6.07) is 4.18. The van der Waals surface area contributed by atoms with Gasteiger partial charge in [0, 0.05) is 31.8 Å². The molecule has 0 aliphatic carbocycles. The topological polar surface area (TPSA) is 58.6 Å². The number of ether oxygens (including phenoxy) is 1. The molecule has 0 radical (unpaired) electrons. The van der Waals surface area contributed by atoms with E-state index in [0.717, 1.165) is 12.1 Å². The summed E-state index contributed by atoms with van der Waals surface area (Å²) in [5, 5.41) is 2.82. The summed E-state index contributed by atoms with van der Waals surface area (Å²) in [7, 11) is 1.44. The fourth-order valence-corrected chi connectivity index (χ4v) is 2.61. The number of amides is 2. The molecule has 8 heteroatoms. The molecule has 1 aliphatic heterocycles. The van der Waals surface area contributed by atoms with Crippen LogP contribution in [0, 0.1) is 0 Å². The molecule has 0 bridgehead atoms. The van der Waals surface area contributed by atoms with Crippen molar-refractivity contribution in [3.05, 3.63) is 35.4 Å². The van der Waals surface area contributed by atoms with Gasteiger partial charge in [0.05, 0.1) is 5.56 Å². The maximum Gasteiger partial charge on any atom is 0.416 e. The molecular weight excluding hydrogens is 325 g/mol. The molecule has 2 amide bonds. The molecule has 5 nitrogen and oxygen atoms in total. The van der Waals surface area contributed by atoms with Gasteiger partial charge in [-0.25, -0.2) is 0 Å². The zero-order chi connectivity index (χ0) is 17.7. The summed E-state index contributed by atoms with van der Waals surface area (Å²) < 4.78 is 42.4. The first-order valence-corrected chi connectivity index (χ1v) is 7.56. The number of piperidine rings is 1. The van der Waals surface area contributed by atoms with E-state index < -0.39 is 11.7 Å². The average molecular weight is 344 g/mol. The SMILES string of the molecule is COCC(=O)NC1CCN(C(=O)c2ccc(C(F)(F)F)cc2)CC1. The Hall–Kier alpha value is -2.09. The van der Waals surface area contributed by atoms with Crippen LogP contribution in [0.4, 0.5) is 13.2 Å². The lowest BCUT2D eigenvalue weighted by Gasteiger charge is -2.32. The van der Waals surface area contributed by atoms with Crippen molar-refractivity contribution < 1.29 is 27.5 Å². The third kappa shape index (κ3) is 4.70. The van der Waals surface area contributed by atoms with Crippen molar-refractivity contribution in [2.75, 3.05) is 26.8 Å². The number of carbonyl (C=O) groups excluding carboxylic acids is 2. The van der Waals surface area contributed by atoms with Crippen LogP contribution in [0.1, 0.15) is 28.8 Å². The summed E-state index contributed by atoms with van der Waals surface area (Å²) in [6.45, 7) is 0.875. The molecule has 1 N–H and O–H groups in total. The van der Waals surface area contributed by atoms with E-state index in [2.05, 4.69) is 5.32 Å². The molecule has 2 rings (SSSR count). The van der Waals surface area contributed by atoms with Crippen molar-refractivity contribution in [3.8, 4) is 0 Å². The van der Waals surface area contributed by atoms with Crippen LogP contribution in [0.5, 0.6) is 0 Å². The Balaban J connectivity index is 1.89. The van der Waals surface area contributed by atoms with Crippen LogP contribution in [-0.2, 0) is 15.7 Å². The van der Waals surface area contributed by atoms with Gasteiger partial charge in [-0.1, -0.05) is 0 Å². The van der Waals surface area contributed by atoms with Gasteiger partial charge in [0.15, 0.2) is 0 Å². The van der Waals surface area contributed by atoms with Crippen molar-refractivity contribution in [3.63, 3.8) is 0 Å². The first-order valence-electron chi connectivity index (χ1n) is 7.56. The predicted molar refractivity (Wildman–Crippen MR) is 80.4 cm³/mol. The highest BCUT2D eigenvalue weighted by Crippen LogP contribution is 2.29. The van der Waals surface area contributed by atoms with Crippen LogP contribution in [-0.4, -0.2) is 49.6 Å². The first-order chi connectivity index (χ1) is 11.3. The maximum atomic E-state index is 12.5. The number of carbonyl (C=O) groups is 2. The summed E-state index contributed by atoms with van der Waals surface area (Å²) in [6.07, 6.45) is -3.22. The van der Waals surface area contributed by atoms with Gasteiger partial charge >= 0.3 is 6.18 Å². The Kier molecular flexibility index (Phi) is 5.82. The van der Waals surface area contributed by atoms with E-state index in [0.29, 0.717) is 25.9 Å². The van der Waals surface area contributed by atoms with Gasteiger partial charge in [0.25, 0.3) is 5.91 Å². The summed E-state index contributed by atoms with van der Waals surface area (Å²) in [5.41, 5.74) is -0.552. The van der Waals surface area contributed by atoms with Gasteiger partial charge in [-0.05, 0) is 37.1 Å². The zero-order valence-electron chi connectivity index (χ0n) is 13.2. The first kappa shape index (κ1) is 18.3. The number of rotatable bonds is 4. The highest BCUT2D eigenvalue weighted by molar-refractivity contribution is 5.94. The second-order valence-electron chi connectivity index (χ2n) is 5.64. The average Bonchev–Trinajstić information content (AvgIpc) is 2.54. The lowest BCUT2D eigenvalue weighted by Crippen LogP contribution is -2.47. The number of hydrogen-bond acceptors (Lipinski definition) is 3. The Morgan fingerprint density at radius 2 is 1.79 bits per heavy atom. The third-order valence-corrected chi connectivity index (χ3v) is 3.88. The van der Waals surface area contributed by atoms with Crippen molar-refractivity contribution in [2.45, 2.75) is 25.1 Å². The summed E-state index contributed by atoms with van der Waals surface area (Å²) in [4.78, 5) is 25.4. The Labute approximate surface area is 137 Å². The number of nitrogens with zero attached hydrogens (tertiary/aromatic N) is 1. The monoisotopic (exact) mass is 344 g/mol. The zero-order valence-corrected chi connectivity index (χ0v) is 13.2. The molecule has 24 heavy (non-hydrogen) atoms. The molecule has 1 heterocycles. The number of hydrogen-bond donors (Lipinski definition) is 1. The van der Waals surface area contributed by atoms with Gasteiger partial charge in [0.2, 0.25) is 5.91 Å². The van der Waals surface area contributed by atoms with Crippen LogP contribution >= 0.6 is 0 Å². The van der Waals surface area contributed by atoms with E-state index in [1.54, 1.807) is 4.90 Å². The standard InChI is InChI=1S/C16H19F3N2O3/c1-24-10-14(22)20-13-6-8-21(9-7-13)15(23)11-2-4-12(5-3-11)16(17,18)19/h2-5,13H,6-10H2,1H3,(H,20,22). The molecule has 1 aromatic rings. The van der Waals surface area contributed by atoms with E-state index in [1.165, 1.54) is 19.2 Å². The molecule has 0 aromatic heterocycles. The van der Waals surface area contributed by atoms with Crippen LogP contribution in [0.25, 0.3) is 0 Å². The van der Waals surface area contributed by atoms with E-state index in [9.17, 15) is 22.8 Å². The molecule has 0 atom stereocenters. The highest BCUT2D eigenvalue weighted by atomic mass is 19.4. The molecule has 1 saturated heterocycles. The number of benzene rings is 1. The maximum absolute atomic E-state index is 12.5. The number of likely N-dealkylation sites (tertiary alicyclic amines) is 1. The van der Waals surface area contributed by atoms with Crippen LogP contribution in [0.2, 0.25) is 0 Å². The number of methoxy groups -OCH3 is 1. The molecule has 1 fully saturated rings. The largest absolute Gasteiger partial charge is 0.416 e. The Morgan fingerprint density at radius 3 is 2.29 bits per heavy atom. The van der Waals surface area contributed by atoms with E-state index in [4.69, 9.17) is 4.74 Å². The van der Waals surface area contributed by atoms with Gasteiger partial charge < -0.3 is 15.0 Å². The fraction of sp³-hybridized carbons (Fsp3) is 0.500. The van der Waals surface area contributed by atoms with Gasteiger partial charge in [-0.15, -0.1) is 0 Å². The predicted octanol–water partition coefficient (Wildman–Crippen LogP) is 2.07. The Morgan fingerprint density at radius 1 is 1.21 bits per heavy atom. The summed E-state index contributed by atoms with van der Waals surface area (Å²) in [5.74, 6) is -0.504. The molecule has 1 aromatic carbocycles. The van der Waals surface area contributed by atoms with Crippen LogP contribution in [0.3, 0.4) is 0 Å². The van der Waals surface area contributed by atoms with Crippen molar-refractivity contribution >= 4 is 11.8 Å². The minimum absolute atomic E-state index is 0.00923. The fourth-order valence-electron chi connectivity index (χ4n) is 2.61. The summed E-state index contributed by atoms with van der Waals surface area (Å²) >= 11 is 0. The number of halogens is 3.